The molecule has 2 rings (SSSR count). The molecular weight excluding hydrogens is 409 g/mol. The van der Waals surface area contributed by atoms with Crippen LogP contribution in [-0.2, 0) is 31.4 Å². The van der Waals surface area contributed by atoms with E-state index >= 15 is 0 Å². The summed E-state index contributed by atoms with van der Waals surface area (Å²) < 4.78 is 73.5. The van der Waals surface area contributed by atoms with Gasteiger partial charge in [0.25, 0.3) is 0 Å². The van der Waals surface area contributed by atoms with Crippen LogP contribution in [0.1, 0.15) is 12.5 Å². The van der Waals surface area contributed by atoms with E-state index in [1.54, 1.807) is 19.1 Å². The van der Waals surface area contributed by atoms with Crippen molar-refractivity contribution in [1.82, 2.24) is 4.31 Å². The highest BCUT2D eigenvalue weighted by atomic mass is 32.2. The third kappa shape index (κ3) is 5.99. The molecule has 0 aliphatic carbocycles. The lowest BCUT2D eigenvalue weighted by molar-refractivity contribution is 0.177. The first kappa shape index (κ1) is 22.3. The average Bonchev–Trinajstić information content (AvgIpc) is 2.65. The molecule has 7 nitrogen and oxygen atoms in total. The Labute approximate surface area is 164 Å². The van der Waals surface area contributed by atoms with E-state index in [2.05, 4.69) is 0 Å². The predicted octanol–water partition coefficient (Wildman–Crippen LogP) is 2.39. The van der Waals surface area contributed by atoms with E-state index in [0.717, 1.165) is 24.3 Å². The van der Waals surface area contributed by atoms with E-state index in [1.165, 1.54) is 23.5 Å². The molecule has 0 fully saturated rings. The Hall–Kier alpha value is -2.01. The molecule has 0 N–H and O–H groups in total. The van der Waals surface area contributed by atoms with Gasteiger partial charge < -0.3 is 8.92 Å². The highest BCUT2D eigenvalue weighted by Crippen LogP contribution is 2.21. The third-order valence-corrected chi connectivity index (χ3v) is 6.96. The maximum absolute atomic E-state index is 13.0. The minimum atomic E-state index is -4.14. The quantitative estimate of drug-likeness (QED) is 0.537. The monoisotopic (exact) mass is 431 g/mol. The molecular formula is C18H22FNO6S2. The standard InChI is InChI=1S/C18H22FNO6S2/c1-3-27(21,22)20(11-12-25-2)14-15-5-4-6-17(13-15)26-28(23,24)18-9-7-16(19)8-10-18/h4-10,13H,3,11-12,14H2,1-2H3. The van der Waals surface area contributed by atoms with Crippen molar-refractivity contribution >= 4 is 20.1 Å². The molecule has 0 unspecified atom stereocenters. The maximum Gasteiger partial charge on any atom is 0.339 e. The van der Waals surface area contributed by atoms with Crippen LogP contribution < -0.4 is 4.18 Å². The van der Waals surface area contributed by atoms with Crippen molar-refractivity contribution in [3.05, 3.63) is 59.9 Å². The molecule has 2 aromatic rings. The summed E-state index contributed by atoms with van der Waals surface area (Å²) in [5.74, 6) is -0.595. The van der Waals surface area contributed by atoms with E-state index in [0.29, 0.717) is 5.56 Å². The zero-order valence-electron chi connectivity index (χ0n) is 15.5. The SMILES string of the molecule is CCS(=O)(=O)N(CCOC)Cc1cccc(OS(=O)(=O)c2ccc(F)cc2)c1. The van der Waals surface area contributed by atoms with Crippen LogP contribution in [0.4, 0.5) is 4.39 Å². The summed E-state index contributed by atoms with van der Waals surface area (Å²) in [7, 11) is -6.13. The molecule has 0 saturated carbocycles. The molecule has 0 heterocycles. The molecule has 0 aliphatic rings. The maximum atomic E-state index is 13.0. The summed E-state index contributed by atoms with van der Waals surface area (Å²) in [4.78, 5) is -0.186. The number of benzene rings is 2. The minimum absolute atomic E-state index is 0.0300. The topological polar surface area (TPSA) is 90.0 Å². The molecule has 2 aromatic carbocycles. The van der Waals surface area contributed by atoms with Crippen LogP contribution in [0.3, 0.4) is 0 Å². The molecule has 28 heavy (non-hydrogen) atoms. The van der Waals surface area contributed by atoms with Gasteiger partial charge in [-0.1, -0.05) is 12.1 Å². The van der Waals surface area contributed by atoms with E-state index in [-0.39, 0.29) is 36.1 Å². The highest BCUT2D eigenvalue weighted by Gasteiger charge is 2.21. The fourth-order valence-electron chi connectivity index (χ4n) is 2.37. The van der Waals surface area contributed by atoms with Gasteiger partial charge in [0.05, 0.1) is 12.4 Å². The normalized spacial score (nSPS) is 12.3. The molecule has 10 heteroatoms. The van der Waals surface area contributed by atoms with Gasteiger partial charge in [0.2, 0.25) is 10.0 Å². The second-order valence-electron chi connectivity index (χ2n) is 5.87. The first-order valence-electron chi connectivity index (χ1n) is 8.43. The summed E-state index contributed by atoms with van der Waals surface area (Å²) in [6.45, 7) is 2.00. The summed E-state index contributed by atoms with van der Waals surface area (Å²) in [5, 5.41) is 0. The van der Waals surface area contributed by atoms with Crippen LogP contribution in [-0.4, -0.2) is 47.2 Å². The Morgan fingerprint density at radius 3 is 2.32 bits per heavy atom. The van der Waals surface area contributed by atoms with Gasteiger partial charge in [-0.2, -0.15) is 12.7 Å². The van der Waals surface area contributed by atoms with Gasteiger partial charge in [-0.25, -0.2) is 12.8 Å². The summed E-state index contributed by atoms with van der Waals surface area (Å²) in [6.07, 6.45) is 0. The minimum Gasteiger partial charge on any atom is -0.383 e. The summed E-state index contributed by atoms with van der Waals surface area (Å²) >= 11 is 0. The number of sulfonamides is 1. The average molecular weight is 432 g/mol. The Kier molecular flexibility index (Phi) is 7.53. The fourth-order valence-corrected chi connectivity index (χ4v) is 4.35. The van der Waals surface area contributed by atoms with Crippen molar-refractivity contribution in [1.29, 1.82) is 0 Å². The molecule has 0 spiro atoms. The van der Waals surface area contributed by atoms with Crippen LogP contribution in [0.2, 0.25) is 0 Å². The number of rotatable bonds is 10. The summed E-state index contributed by atoms with van der Waals surface area (Å²) in [5.41, 5.74) is 0.555. The van der Waals surface area contributed by atoms with Crippen LogP contribution in [0.25, 0.3) is 0 Å². The van der Waals surface area contributed by atoms with Crippen molar-refractivity contribution in [2.75, 3.05) is 26.0 Å². The van der Waals surface area contributed by atoms with Crippen molar-refractivity contribution in [3.8, 4) is 5.75 Å². The van der Waals surface area contributed by atoms with Crippen molar-refractivity contribution < 1.29 is 30.1 Å². The van der Waals surface area contributed by atoms with Gasteiger partial charge in [-0.3, -0.25) is 0 Å². The number of hydrogen-bond donors (Lipinski definition) is 0. The van der Waals surface area contributed by atoms with Crippen LogP contribution >= 0.6 is 0 Å². The predicted molar refractivity (Wildman–Crippen MR) is 102 cm³/mol. The van der Waals surface area contributed by atoms with Crippen LogP contribution in [0.15, 0.2) is 53.4 Å². The van der Waals surface area contributed by atoms with Gasteiger partial charge in [0.15, 0.2) is 0 Å². The zero-order chi connectivity index (χ0) is 20.8. The molecule has 0 radical (unpaired) electrons. The van der Waals surface area contributed by atoms with Crippen molar-refractivity contribution in [3.63, 3.8) is 0 Å². The van der Waals surface area contributed by atoms with E-state index in [9.17, 15) is 21.2 Å². The molecule has 0 bridgehead atoms. The van der Waals surface area contributed by atoms with Gasteiger partial charge in [0.1, 0.15) is 16.5 Å². The van der Waals surface area contributed by atoms with Crippen LogP contribution in [0.5, 0.6) is 5.75 Å². The lowest BCUT2D eigenvalue weighted by Gasteiger charge is -2.21. The van der Waals surface area contributed by atoms with Crippen molar-refractivity contribution in [2.24, 2.45) is 0 Å². The third-order valence-electron chi connectivity index (χ3n) is 3.87. The van der Waals surface area contributed by atoms with E-state index < -0.39 is 26.0 Å². The van der Waals surface area contributed by atoms with Gasteiger partial charge >= 0.3 is 10.1 Å². The molecule has 0 aromatic heterocycles. The number of hydrogen-bond acceptors (Lipinski definition) is 6. The van der Waals surface area contributed by atoms with E-state index in [1.807, 2.05) is 0 Å². The largest absolute Gasteiger partial charge is 0.383 e. The van der Waals surface area contributed by atoms with Gasteiger partial charge in [0, 0.05) is 20.2 Å². The second kappa shape index (κ2) is 9.46. The Balaban J connectivity index is 2.21. The number of nitrogens with zero attached hydrogens (tertiary/aromatic N) is 1. The number of ether oxygens (including phenoxy) is 1. The zero-order valence-corrected chi connectivity index (χ0v) is 17.2. The molecule has 0 saturated heterocycles. The fraction of sp³-hybridized carbons (Fsp3) is 0.333. The lowest BCUT2D eigenvalue weighted by atomic mass is 10.2. The molecule has 0 atom stereocenters. The Bertz CT molecular complexity index is 991. The smallest absolute Gasteiger partial charge is 0.339 e. The molecule has 0 amide bonds. The van der Waals surface area contributed by atoms with Gasteiger partial charge in [-0.15, -0.1) is 0 Å². The van der Waals surface area contributed by atoms with Crippen molar-refractivity contribution in [2.45, 2.75) is 18.4 Å². The lowest BCUT2D eigenvalue weighted by Crippen LogP contribution is -2.34. The Morgan fingerprint density at radius 2 is 1.71 bits per heavy atom. The summed E-state index contributed by atoms with van der Waals surface area (Å²) in [6, 6.07) is 10.4. The first-order chi connectivity index (χ1) is 13.2. The second-order valence-corrected chi connectivity index (χ2v) is 9.67. The Morgan fingerprint density at radius 1 is 1.04 bits per heavy atom. The van der Waals surface area contributed by atoms with Gasteiger partial charge in [-0.05, 0) is 48.9 Å². The molecule has 0 aliphatic heterocycles. The first-order valence-corrected chi connectivity index (χ1v) is 11.5. The number of halogens is 1. The van der Waals surface area contributed by atoms with E-state index in [4.69, 9.17) is 8.92 Å². The highest BCUT2D eigenvalue weighted by molar-refractivity contribution is 7.89. The number of methoxy groups -OCH3 is 1. The van der Waals surface area contributed by atoms with Crippen LogP contribution in [0, 0.1) is 5.82 Å². The molecule has 154 valence electrons.